The van der Waals surface area contributed by atoms with Crippen LogP contribution in [0.1, 0.15) is 36.8 Å². The van der Waals surface area contributed by atoms with Gasteiger partial charge in [0.15, 0.2) is 0 Å². The van der Waals surface area contributed by atoms with Crippen molar-refractivity contribution in [3.8, 4) is 0 Å². The fourth-order valence-corrected chi connectivity index (χ4v) is 2.48. The summed E-state index contributed by atoms with van der Waals surface area (Å²) < 4.78 is 5.16. The average molecular weight is 220 g/mol. The maximum Gasteiger partial charge on any atom is 0.0570 e. The Hall–Kier alpha value is -0.860. The number of methoxy groups -OCH3 is 1. The number of benzene rings is 1. The molecular weight excluding hydrogens is 200 g/mol. The molecule has 16 heavy (non-hydrogen) atoms. The standard InChI is InChI=1S/C14H20O2/c1-10(16-2)7-13(15)9-12-8-11-5-3-4-6-14(11)12/h3-6,10,12-13,15H,7-9H2,1-2H3. The second-order valence-electron chi connectivity index (χ2n) is 4.77. The Morgan fingerprint density at radius 3 is 2.88 bits per heavy atom. The zero-order valence-corrected chi connectivity index (χ0v) is 10.0. The smallest absolute Gasteiger partial charge is 0.0570 e. The number of ether oxygens (including phenoxy) is 1. The van der Waals surface area contributed by atoms with Crippen LogP contribution in [0.15, 0.2) is 24.3 Å². The number of aliphatic hydroxyl groups is 1. The summed E-state index contributed by atoms with van der Waals surface area (Å²) in [4.78, 5) is 0. The lowest BCUT2D eigenvalue weighted by atomic mass is 9.74. The first-order valence-corrected chi connectivity index (χ1v) is 5.99. The van der Waals surface area contributed by atoms with Crippen LogP contribution in [-0.4, -0.2) is 24.4 Å². The molecule has 2 rings (SSSR count). The lowest BCUT2D eigenvalue weighted by molar-refractivity contribution is 0.0488. The largest absolute Gasteiger partial charge is 0.393 e. The summed E-state index contributed by atoms with van der Waals surface area (Å²) in [6, 6.07) is 8.51. The first-order valence-electron chi connectivity index (χ1n) is 5.99. The summed E-state index contributed by atoms with van der Waals surface area (Å²) in [7, 11) is 1.69. The first kappa shape index (κ1) is 11.6. The van der Waals surface area contributed by atoms with Crippen LogP contribution in [-0.2, 0) is 11.2 Å². The van der Waals surface area contributed by atoms with Gasteiger partial charge in [-0.05, 0) is 43.2 Å². The predicted molar refractivity (Wildman–Crippen MR) is 64.6 cm³/mol. The van der Waals surface area contributed by atoms with Crippen LogP contribution in [0.5, 0.6) is 0 Å². The van der Waals surface area contributed by atoms with Gasteiger partial charge in [-0.2, -0.15) is 0 Å². The molecule has 3 atom stereocenters. The van der Waals surface area contributed by atoms with Gasteiger partial charge in [0.05, 0.1) is 12.2 Å². The van der Waals surface area contributed by atoms with E-state index >= 15 is 0 Å². The third-order valence-electron chi connectivity index (χ3n) is 3.52. The van der Waals surface area contributed by atoms with Crippen LogP contribution >= 0.6 is 0 Å². The quantitative estimate of drug-likeness (QED) is 0.826. The highest BCUT2D eigenvalue weighted by molar-refractivity contribution is 5.39. The van der Waals surface area contributed by atoms with Gasteiger partial charge in [-0.25, -0.2) is 0 Å². The Kier molecular flexibility index (Phi) is 3.62. The van der Waals surface area contributed by atoms with E-state index in [1.54, 1.807) is 7.11 Å². The monoisotopic (exact) mass is 220 g/mol. The van der Waals surface area contributed by atoms with Gasteiger partial charge in [0.25, 0.3) is 0 Å². The summed E-state index contributed by atoms with van der Waals surface area (Å²) in [6.07, 6.45) is 2.62. The predicted octanol–water partition coefficient (Wildman–Crippen LogP) is 2.50. The Labute approximate surface area is 97.3 Å². The third-order valence-corrected chi connectivity index (χ3v) is 3.52. The molecule has 0 heterocycles. The van der Waals surface area contributed by atoms with Gasteiger partial charge < -0.3 is 9.84 Å². The maximum absolute atomic E-state index is 9.93. The van der Waals surface area contributed by atoms with Crippen molar-refractivity contribution in [1.82, 2.24) is 0 Å². The van der Waals surface area contributed by atoms with Crippen LogP contribution in [0, 0.1) is 0 Å². The Morgan fingerprint density at radius 1 is 1.44 bits per heavy atom. The molecule has 88 valence electrons. The van der Waals surface area contributed by atoms with Gasteiger partial charge in [-0.15, -0.1) is 0 Å². The molecule has 2 heteroatoms. The molecular formula is C14H20O2. The van der Waals surface area contributed by atoms with Crippen molar-refractivity contribution in [3.05, 3.63) is 35.4 Å². The molecule has 1 aromatic rings. The van der Waals surface area contributed by atoms with E-state index in [9.17, 15) is 5.11 Å². The zero-order valence-electron chi connectivity index (χ0n) is 10.0. The highest BCUT2D eigenvalue weighted by Crippen LogP contribution is 2.38. The first-order chi connectivity index (χ1) is 7.70. The Balaban J connectivity index is 1.85. The average Bonchev–Trinajstić information content (AvgIpc) is 2.26. The molecule has 0 bridgehead atoms. The van der Waals surface area contributed by atoms with E-state index in [0.717, 1.165) is 19.3 Å². The number of aliphatic hydroxyl groups excluding tert-OH is 1. The van der Waals surface area contributed by atoms with Gasteiger partial charge >= 0.3 is 0 Å². The minimum Gasteiger partial charge on any atom is -0.393 e. The minimum absolute atomic E-state index is 0.144. The molecule has 3 unspecified atom stereocenters. The third kappa shape index (κ3) is 2.45. The molecule has 1 aromatic carbocycles. The zero-order chi connectivity index (χ0) is 11.5. The fourth-order valence-electron chi connectivity index (χ4n) is 2.48. The summed E-state index contributed by atoms with van der Waals surface area (Å²) in [5.74, 6) is 0.551. The second kappa shape index (κ2) is 4.98. The number of rotatable bonds is 5. The highest BCUT2D eigenvalue weighted by atomic mass is 16.5. The van der Waals surface area contributed by atoms with Crippen molar-refractivity contribution in [2.45, 2.75) is 44.3 Å². The van der Waals surface area contributed by atoms with E-state index in [1.807, 2.05) is 6.92 Å². The van der Waals surface area contributed by atoms with Gasteiger partial charge in [-0.1, -0.05) is 24.3 Å². The molecule has 0 saturated carbocycles. The van der Waals surface area contributed by atoms with Crippen LogP contribution in [0.25, 0.3) is 0 Å². The summed E-state index contributed by atoms with van der Waals surface area (Å²) in [5.41, 5.74) is 2.87. The lowest BCUT2D eigenvalue weighted by Gasteiger charge is -2.32. The molecule has 0 amide bonds. The van der Waals surface area contributed by atoms with Crippen LogP contribution in [0.3, 0.4) is 0 Å². The molecule has 0 radical (unpaired) electrons. The number of hydrogen-bond donors (Lipinski definition) is 1. The normalized spacial score (nSPS) is 22.1. The summed E-state index contributed by atoms with van der Waals surface area (Å²) in [5, 5.41) is 9.93. The van der Waals surface area contributed by atoms with Gasteiger partial charge in [-0.3, -0.25) is 0 Å². The number of hydrogen-bond acceptors (Lipinski definition) is 2. The minimum atomic E-state index is -0.242. The van der Waals surface area contributed by atoms with E-state index < -0.39 is 0 Å². The van der Waals surface area contributed by atoms with Gasteiger partial charge in [0.1, 0.15) is 0 Å². The van der Waals surface area contributed by atoms with E-state index in [4.69, 9.17) is 4.74 Å². The summed E-state index contributed by atoms with van der Waals surface area (Å²) in [6.45, 7) is 2.00. The summed E-state index contributed by atoms with van der Waals surface area (Å²) >= 11 is 0. The van der Waals surface area contributed by atoms with Crippen molar-refractivity contribution < 1.29 is 9.84 Å². The van der Waals surface area contributed by atoms with Gasteiger partial charge in [0, 0.05) is 7.11 Å². The molecule has 0 saturated heterocycles. The molecule has 2 nitrogen and oxygen atoms in total. The topological polar surface area (TPSA) is 29.5 Å². The van der Waals surface area contributed by atoms with Gasteiger partial charge in [0.2, 0.25) is 0 Å². The Bertz CT molecular complexity index is 348. The second-order valence-corrected chi connectivity index (χ2v) is 4.77. The van der Waals surface area contributed by atoms with Crippen LogP contribution in [0.4, 0.5) is 0 Å². The van der Waals surface area contributed by atoms with E-state index in [-0.39, 0.29) is 12.2 Å². The Morgan fingerprint density at radius 2 is 2.19 bits per heavy atom. The van der Waals surface area contributed by atoms with Crippen molar-refractivity contribution in [2.75, 3.05) is 7.11 Å². The molecule has 1 aliphatic rings. The van der Waals surface area contributed by atoms with Crippen molar-refractivity contribution in [3.63, 3.8) is 0 Å². The van der Waals surface area contributed by atoms with Crippen LogP contribution < -0.4 is 0 Å². The maximum atomic E-state index is 9.93. The molecule has 0 spiro atoms. The molecule has 0 fully saturated rings. The fraction of sp³-hybridized carbons (Fsp3) is 0.571. The van der Waals surface area contributed by atoms with Crippen molar-refractivity contribution in [1.29, 1.82) is 0 Å². The molecule has 0 aliphatic heterocycles. The van der Waals surface area contributed by atoms with E-state index in [1.165, 1.54) is 11.1 Å². The molecule has 1 aliphatic carbocycles. The van der Waals surface area contributed by atoms with Crippen molar-refractivity contribution in [2.24, 2.45) is 0 Å². The lowest BCUT2D eigenvalue weighted by Crippen LogP contribution is -2.25. The van der Waals surface area contributed by atoms with E-state index in [2.05, 4.69) is 24.3 Å². The SMILES string of the molecule is COC(C)CC(O)CC1Cc2ccccc21. The van der Waals surface area contributed by atoms with Crippen LogP contribution in [0.2, 0.25) is 0 Å². The molecule has 0 aromatic heterocycles. The number of fused-ring (bicyclic) bond motifs is 1. The highest BCUT2D eigenvalue weighted by Gasteiger charge is 2.27. The van der Waals surface area contributed by atoms with Crippen molar-refractivity contribution >= 4 is 0 Å². The molecule has 1 N–H and O–H groups in total. The van der Waals surface area contributed by atoms with E-state index in [0.29, 0.717) is 5.92 Å².